The summed E-state index contributed by atoms with van der Waals surface area (Å²) in [5, 5.41) is 2.80. The average molecular weight is 338 g/mol. The second-order valence-electron chi connectivity index (χ2n) is 6.94. The third kappa shape index (κ3) is 3.06. The number of nitrogens with zero attached hydrogens (tertiary/aromatic N) is 1. The van der Waals surface area contributed by atoms with E-state index in [2.05, 4.69) is 23.5 Å². The van der Waals surface area contributed by atoms with Crippen LogP contribution < -0.4 is 5.32 Å². The molecule has 0 saturated heterocycles. The van der Waals surface area contributed by atoms with Crippen molar-refractivity contribution in [3.8, 4) is 0 Å². The van der Waals surface area contributed by atoms with Crippen molar-refractivity contribution in [2.45, 2.75) is 50.7 Å². The van der Waals surface area contributed by atoms with E-state index < -0.39 is 6.04 Å². The second-order valence-corrected chi connectivity index (χ2v) is 6.94. The van der Waals surface area contributed by atoms with Gasteiger partial charge in [0.2, 0.25) is 5.91 Å². The molecule has 2 atom stereocenters. The van der Waals surface area contributed by atoms with Gasteiger partial charge in [-0.3, -0.25) is 9.59 Å². The van der Waals surface area contributed by atoms with Crippen molar-refractivity contribution in [2.75, 3.05) is 0 Å². The topological polar surface area (TPSA) is 62.6 Å². The fourth-order valence-electron chi connectivity index (χ4n) is 3.72. The Hall–Kier alpha value is -2.56. The maximum absolute atomic E-state index is 13.1. The molecule has 4 rings (SSSR count). The molecule has 2 aliphatic rings. The molecule has 0 spiro atoms. The van der Waals surface area contributed by atoms with Gasteiger partial charge in [0.15, 0.2) is 0 Å². The van der Waals surface area contributed by atoms with Crippen LogP contribution in [0.25, 0.3) is 0 Å². The lowest BCUT2D eigenvalue weighted by molar-refractivity contribution is -0.136. The summed E-state index contributed by atoms with van der Waals surface area (Å²) in [6.45, 7) is 1.76. The van der Waals surface area contributed by atoms with Gasteiger partial charge < -0.3 is 14.6 Å². The normalized spacial score (nSPS) is 20.0. The van der Waals surface area contributed by atoms with Gasteiger partial charge in [0, 0.05) is 6.04 Å². The summed E-state index contributed by atoms with van der Waals surface area (Å²) in [6.07, 6.45) is 6.91. The Morgan fingerprint density at radius 2 is 2.00 bits per heavy atom. The molecular formula is C20H22N2O3. The lowest BCUT2D eigenvalue weighted by Crippen LogP contribution is -2.48. The first-order valence-corrected chi connectivity index (χ1v) is 8.88. The van der Waals surface area contributed by atoms with E-state index in [1.165, 1.54) is 23.7 Å². The summed E-state index contributed by atoms with van der Waals surface area (Å²) >= 11 is 0. The highest BCUT2D eigenvalue weighted by atomic mass is 16.3. The SMILES string of the molecule is C[C@H](NC(=O)c1ccoc1)C(=O)N(C1CC1)[C@H]1CCc2ccccc21. The zero-order chi connectivity index (χ0) is 17.4. The molecule has 2 aromatic rings. The van der Waals surface area contributed by atoms with Gasteiger partial charge in [0.05, 0.1) is 17.9 Å². The largest absolute Gasteiger partial charge is 0.472 e. The van der Waals surface area contributed by atoms with E-state index in [9.17, 15) is 9.59 Å². The van der Waals surface area contributed by atoms with Crippen LogP contribution in [0, 0.1) is 0 Å². The van der Waals surface area contributed by atoms with Crippen LogP contribution >= 0.6 is 0 Å². The molecule has 2 amide bonds. The molecule has 1 saturated carbocycles. The first kappa shape index (κ1) is 15.9. The average Bonchev–Trinajstić information content (AvgIpc) is 3.12. The molecule has 0 bridgehead atoms. The summed E-state index contributed by atoms with van der Waals surface area (Å²) < 4.78 is 4.94. The molecule has 1 fully saturated rings. The van der Waals surface area contributed by atoms with Crippen molar-refractivity contribution in [3.63, 3.8) is 0 Å². The van der Waals surface area contributed by atoms with Gasteiger partial charge in [-0.25, -0.2) is 0 Å². The van der Waals surface area contributed by atoms with Crippen LogP contribution in [0.5, 0.6) is 0 Å². The fraction of sp³-hybridized carbons (Fsp3) is 0.400. The summed E-state index contributed by atoms with van der Waals surface area (Å²) in [5.41, 5.74) is 3.03. The summed E-state index contributed by atoms with van der Waals surface area (Å²) in [6, 6.07) is 9.84. The van der Waals surface area contributed by atoms with Crippen LogP contribution in [-0.4, -0.2) is 28.8 Å². The van der Waals surface area contributed by atoms with Gasteiger partial charge in [-0.2, -0.15) is 0 Å². The lowest BCUT2D eigenvalue weighted by Gasteiger charge is -2.32. The van der Waals surface area contributed by atoms with Crippen molar-refractivity contribution in [1.82, 2.24) is 10.2 Å². The highest BCUT2D eigenvalue weighted by molar-refractivity contribution is 5.97. The Morgan fingerprint density at radius 1 is 1.20 bits per heavy atom. The third-order valence-corrected chi connectivity index (χ3v) is 5.13. The zero-order valence-corrected chi connectivity index (χ0v) is 14.3. The fourth-order valence-corrected chi connectivity index (χ4v) is 3.72. The minimum atomic E-state index is -0.559. The van der Waals surface area contributed by atoms with Crippen molar-refractivity contribution in [3.05, 3.63) is 59.5 Å². The third-order valence-electron chi connectivity index (χ3n) is 5.13. The van der Waals surface area contributed by atoms with E-state index in [1.54, 1.807) is 13.0 Å². The molecule has 0 radical (unpaired) electrons. The molecule has 1 N–H and O–H groups in total. The van der Waals surface area contributed by atoms with Crippen molar-refractivity contribution in [2.24, 2.45) is 0 Å². The predicted molar refractivity (Wildman–Crippen MR) is 93.0 cm³/mol. The summed E-state index contributed by atoms with van der Waals surface area (Å²) in [4.78, 5) is 27.3. The minimum Gasteiger partial charge on any atom is -0.472 e. The molecule has 1 aromatic heterocycles. The number of rotatable bonds is 5. The quantitative estimate of drug-likeness (QED) is 0.911. The number of hydrogen-bond acceptors (Lipinski definition) is 3. The standard InChI is InChI=1S/C20H22N2O3/c1-13(21-19(23)15-10-11-25-12-15)20(24)22(16-7-8-16)18-9-6-14-4-2-3-5-17(14)18/h2-5,10-13,16,18H,6-9H2,1H3,(H,21,23)/t13-,18-/m0/s1. The van der Waals surface area contributed by atoms with E-state index in [0.29, 0.717) is 11.6 Å². The van der Waals surface area contributed by atoms with Crippen molar-refractivity contribution in [1.29, 1.82) is 0 Å². The predicted octanol–water partition coefficient (Wildman–Crippen LogP) is 3.08. The molecule has 0 aliphatic heterocycles. The van der Waals surface area contributed by atoms with Crippen LogP contribution in [0.1, 0.15) is 53.7 Å². The minimum absolute atomic E-state index is 0.000970. The molecule has 25 heavy (non-hydrogen) atoms. The second kappa shape index (κ2) is 6.39. The first-order chi connectivity index (χ1) is 12.1. The van der Waals surface area contributed by atoms with Gasteiger partial charge in [-0.1, -0.05) is 24.3 Å². The van der Waals surface area contributed by atoms with E-state index in [1.807, 2.05) is 11.0 Å². The Balaban J connectivity index is 1.51. The monoisotopic (exact) mass is 338 g/mol. The Bertz CT molecular complexity index is 780. The van der Waals surface area contributed by atoms with Crippen molar-refractivity contribution >= 4 is 11.8 Å². The Labute approximate surface area is 147 Å². The molecule has 2 aliphatic carbocycles. The highest BCUT2D eigenvalue weighted by Gasteiger charge is 2.41. The molecule has 1 heterocycles. The van der Waals surface area contributed by atoms with E-state index in [-0.39, 0.29) is 17.9 Å². The smallest absolute Gasteiger partial charge is 0.255 e. The van der Waals surface area contributed by atoms with Gasteiger partial charge >= 0.3 is 0 Å². The number of benzene rings is 1. The lowest BCUT2D eigenvalue weighted by atomic mass is 10.1. The van der Waals surface area contributed by atoms with Gasteiger partial charge in [0.25, 0.3) is 5.91 Å². The number of nitrogens with one attached hydrogen (secondary N) is 1. The van der Waals surface area contributed by atoms with Gasteiger partial charge in [-0.05, 0) is 49.8 Å². The maximum Gasteiger partial charge on any atom is 0.255 e. The number of aryl methyl sites for hydroxylation is 1. The van der Waals surface area contributed by atoms with Crippen LogP contribution in [0.3, 0.4) is 0 Å². The number of furan rings is 1. The molecule has 5 heteroatoms. The maximum atomic E-state index is 13.1. The number of amides is 2. The summed E-state index contributed by atoms with van der Waals surface area (Å²) in [5.74, 6) is -0.279. The van der Waals surface area contributed by atoms with E-state index in [0.717, 1.165) is 25.7 Å². The number of carbonyl (C=O) groups excluding carboxylic acids is 2. The number of carbonyl (C=O) groups is 2. The summed E-state index contributed by atoms with van der Waals surface area (Å²) in [7, 11) is 0. The Kier molecular flexibility index (Phi) is 4.07. The van der Waals surface area contributed by atoms with Crippen LogP contribution in [0.4, 0.5) is 0 Å². The Morgan fingerprint density at radius 3 is 2.72 bits per heavy atom. The van der Waals surface area contributed by atoms with E-state index >= 15 is 0 Å². The van der Waals surface area contributed by atoms with Crippen molar-refractivity contribution < 1.29 is 14.0 Å². The van der Waals surface area contributed by atoms with E-state index in [4.69, 9.17) is 4.42 Å². The molecule has 5 nitrogen and oxygen atoms in total. The molecule has 1 aromatic carbocycles. The highest BCUT2D eigenvalue weighted by Crippen LogP contribution is 2.42. The molecule has 130 valence electrons. The molecule has 0 unspecified atom stereocenters. The molecular weight excluding hydrogens is 316 g/mol. The number of hydrogen-bond donors (Lipinski definition) is 1. The van der Waals surface area contributed by atoms with Crippen LogP contribution in [0.15, 0.2) is 47.3 Å². The zero-order valence-electron chi connectivity index (χ0n) is 14.3. The first-order valence-electron chi connectivity index (χ1n) is 8.88. The van der Waals surface area contributed by atoms with Crippen LogP contribution in [0.2, 0.25) is 0 Å². The van der Waals surface area contributed by atoms with Gasteiger partial charge in [0.1, 0.15) is 12.3 Å². The number of fused-ring (bicyclic) bond motifs is 1. The van der Waals surface area contributed by atoms with Gasteiger partial charge in [-0.15, -0.1) is 0 Å². The van der Waals surface area contributed by atoms with Crippen LogP contribution in [-0.2, 0) is 11.2 Å².